The van der Waals surface area contributed by atoms with E-state index in [1.165, 1.54) is 7.11 Å². The van der Waals surface area contributed by atoms with Crippen molar-refractivity contribution in [3.8, 4) is 0 Å². The predicted molar refractivity (Wildman–Crippen MR) is 69.2 cm³/mol. The van der Waals surface area contributed by atoms with Gasteiger partial charge in [0, 0.05) is 18.8 Å². The summed E-state index contributed by atoms with van der Waals surface area (Å²) < 4.78 is 5.51. The second-order valence-corrected chi connectivity index (χ2v) is 4.83. The highest BCUT2D eigenvalue weighted by Crippen LogP contribution is 2.14. The molecule has 0 aromatic heterocycles. The van der Waals surface area contributed by atoms with E-state index in [1.54, 1.807) is 11.8 Å². The highest BCUT2D eigenvalue weighted by Gasteiger charge is 2.15. The maximum absolute atomic E-state index is 11.1. The van der Waals surface area contributed by atoms with Crippen molar-refractivity contribution in [2.45, 2.75) is 20.8 Å². The molecule has 0 aliphatic carbocycles. The van der Waals surface area contributed by atoms with Crippen molar-refractivity contribution in [2.24, 2.45) is 5.92 Å². The number of thiocarbonyl (C=S) groups is 1. The Hall–Kier alpha value is -0.290. The van der Waals surface area contributed by atoms with Gasteiger partial charge in [0.2, 0.25) is 0 Å². The number of carbonyl (C=O) groups excluding carboxylic acids is 1. The Bertz CT molecular complexity index is 217. The molecule has 0 heterocycles. The zero-order valence-electron chi connectivity index (χ0n) is 9.78. The molecule has 0 bridgehead atoms. The molecule has 1 unspecified atom stereocenters. The lowest BCUT2D eigenvalue weighted by Crippen LogP contribution is -2.28. The average molecular weight is 249 g/mol. The van der Waals surface area contributed by atoms with E-state index in [0.29, 0.717) is 5.75 Å². The minimum Gasteiger partial charge on any atom is -0.469 e. The van der Waals surface area contributed by atoms with E-state index in [2.05, 4.69) is 23.5 Å². The van der Waals surface area contributed by atoms with Crippen LogP contribution in [-0.4, -0.2) is 41.1 Å². The van der Waals surface area contributed by atoms with Crippen LogP contribution in [-0.2, 0) is 9.53 Å². The summed E-state index contributed by atoms with van der Waals surface area (Å²) in [6.07, 6.45) is 0. The first-order valence-electron chi connectivity index (χ1n) is 5.06. The first-order valence-corrected chi connectivity index (χ1v) is 6.45. The number of nitrogens with zero attached hydrogens (tertiary/aromatic N) is 1. The van der Waals surface area contributed by atoms with Gasteiger partial charge >= 0.3 is 5.97 Å². The Morgan fingerprint density at radius 2 is 2.00 bits per heavy atom. The fourth-order valence-corrected chi connectivity index (χ4v) is 2.47. The van der Waals surface area contributed by atoms with Crippen molar-refractivity contribution in [1.82, 2.24) is 4.90 Å². The van der Waals surface area contributed by atoms with E-state index in [1.807, 2.05) is 6.92 Å². The van der Waals surface area contributed by atoms with Crippen LogP contribution in [0.2, 0.25) is 0 Å². The summed E-state index contributed by atoms with van der Waals surface area (Å²) in [5.74, 6) is 0.403. The first kappa shape index (κ1) is 14.7. The molecule has 0 aliphatic heterocycles. The number of hydrogen-bond acceptors (Lipinski definition) is 4. The molecule has 0 aromatic rings. The molecule has 0 radical (unpaired) electrons. The Morgan fingerprint density at radius 1 is 1.47 bits per heavy atom. The predicted octanol–water partition coefficient (Wildman–Crippen LogP) is 2.16. The number of ether oxygens (including phenoxy) is 1. The Kier molecular flexibility index (Phi) is 7.78. The minimum absolute atomic E-state index is 0.103. The van der Waals surface area contributed by atoms with Crippen LogP contribution in [0.5, 0.6) is 0 Å². The number of thioether (sulfide) groups is 1. The molecule has 15 heavy (non-hydrogen) atoms. The number of hydrogen-bond donors (Lipinski definition) is 0. The van der Waals surface area contributed by atoms with Crippen molar-refractivity contribution in [3.05, 3.63) is 0 Å². The summed E-state index contributed by atoms with van der Waals surface area (Å²) in [5, 5.41) is 0. The van der Waals surface area contributed by atoms with Crippen LogP contribution in [0.15, 0.2) is 0 Å². The maximum atomic E-state index is 11.1. The van der Waals surface area contributed by atoms with Crippen LogP contribution in [0.4, 0.5) is 0 Å². The van der Waals surface area contributed by atoms with Gasteiger partial charge in [-0.3, -0.25) is 4.79 Å². The van der Waals surface area contributed by atoms with Crippen LogP contribution < -0.4 is 0 Å². The highest BCUT2D eigenvalue weighted by molar-refractivity contribution is 8.22. The topological polar surface area (TPSA) is 29.5 Å². The normalized spacial score (nSPS) is 12.0. The molecule has 0 spiro atoms. The molecule has 0 amide bonds. The van der Waals surface area contributed by atoms with Crippen LogP contribution in [0.25, 0.3) is 0 Å². The number of rotatable bonds is 5. The van der Waals surface area contributed by atoms with Crippen LogP contribution in [0.1, 0.15) is 20.8 Å². The van der Waals surface area contributed by atoms with E-state index >= 15 is 0 Å². The van der Waals surface area contributed by atoms with Crippen molar-refractivity contribution in [1.29, 1.82) is 0 Å². The standard InChI is InChI=1S/C10H19NO2S2/c1-5-11(6-2)10(14)15-7-8(3)9(12)13-4/h8H,5-7H2,1-4H3. The van der Waals surface area contributed by atoms with Gasteiger partial charge in [0.15, 0.2) is 0 Å². The van der Waals surface area contributed by atoms with Gasteiger partial charge in [-0.2, -0.15) is 0 Å². The number of esters is 1. The quantitative estimate of drug-likeness (QED) is 0.550. The second-order valence-electron chi connectivity index (χ2n) is 3.17. The molecule has 1 atom stereocenters. The van der Waals surface area contributed by atoms with Gasteiger partial charge in [0.05, 0.1) is 13.0 Å². The molecule has 0 fully saturated rings. The summed E-state index contributed by atoms with van der Waals surface area (Å²) in [6, 6.07) is 0. The monoisotopic (exact) mass is 249 g/mol. The molecule has 0 N–H and O–H groups in total. The summed E-state index contributed by atoms with van der Waals surface area (Å²) in [6.45, 7) is 7.81. The Balaban J connectivity index is 3.94. The number of carbonyl (C=O) groups is 1. The Labute approximate surface area is 102 Å². The molecular weight excluding hydrogens is 230 g/mol. The van der Waals surface area contributed by atoms with Gasteiger partial charge in [0.1, 0.15) is 4.32 Å². The smallest absolute Gasteiger partial charge is 0.309 e. The van der Waals surface area contributed by atoms with E-state index in [4.69, 9.17) is 12.2 Å². The third kappa shape index (κ3) is 5.37. The summed E-state index contributed by atoms with van der Waals surface area (Å²) in [4.78, 5) is 13.2. The van der Waals surface area contributed by atoms with E-state index in [-0.39, 0.29) is 11.9 Å². The van der Waals surface area contributed by atoms with Crippen LogP contribution in [0, 0.1) is 5.92 Å². The summed E-state index contributed by atoms with van der Waals surface area (Å²) in [5.41, 5.74) is 0. The fourth-order valence-electron chi connectivity index (χ4n) is 1.04. The molecule has 0 saturated carbocycles. The van der Waals surface area contributed by atoms with E-state index < -0.39 is 0 Å². The second kappa shape index (κ2) is 7.93. The maximum Gasteiger partial charge on any atom is 0.309 e. The first-order chi connectivity index (χ1) is 7.06. The van der Waals surface area contributed by atoms with Crippen LogP contribution >= 0.6 is 24.0 Å². The lowest BCUT2D eigenvalue weighted by atomic mass is 10.2. The largest absolute Gasteiger partial charge is 0.469 e. The van der Waals surface area contributed by atoms with Crippen molar-refractivity contribution >= 4 is 34.3 Å². The Morgan fingerprint density at radius 3 is 2.40 bits per heavy atom. The van der Waals surface area contributed by atoms with Gasteiger partial charge < -0.3 is 9.64 Å². The van der Waals surface area contributed by atoms with Gasteiger partial charge in [0.25, 0.3) is 0 Å². The van der Waals surface area contributed by atoms with Crippen molar-refractivity contribution < 1.29 is 9.53 Å². The van der Waals surface area contributed by atoms with Gasteiger partial charge in [-0.05, 0) is 13.8 Å². The van der Waals surface area contributed by atoms with Crippen LogP contribution in [0.3, 0.4) is 0 Å². The molecular formula is C10H19NO2S2. The molecule has 0 saturated heterocycles. The lowest BCUT2D eigenvalue weighted by molar-refractivity contribution is -0.143. The van der Waals surface area contributed by atoms with Gasteiger partial charge in [-0.15, -0.1) is 0 Å². The van der Waals surface area contributed by atoms with E-state index in [9.17, 15) is 4.79 Å². The average Bonchev–Trinajstić information content (AvgIpc) is 2.26. The third-order valence-electron chi connectivity index (χ3n) is 2.08. The van der Waals surface area contributed by atoms with E-state index in [0.717, 1.165) is 17.4 Å². The minimum atomic E-state index is -0.176. The molecule has 88 valence electrons. The summed E-state index contributed by atoms with van der Waals surface area (Å²) in [7, 11) is 1.41. The van der Waals surface area contributed by atoms with Crippen molar-refractivity contribution in [3.63, 3.8) is 0 Å². The lowest BCUT2D eigenvalue weighted by Gasteiger charge is -2.21. The molecule has 0 rings (SSSR count). The molecule has 5 heteroatoms. The van der Waals surface area contributed by atoms with Gasteiger partial charge in [-0.1, -0.05) is 30.9 Å². The molecule has 3 nitrogen and oxygen atoms in total. The number of methoxy groups -OCH3 is 1. The zero-order chi connectivity index (χ0) is 11.8. The zero-order valence-corrected chi connectivity index (χ0v) is 11.4. The fraction of sp³-hybridized carbons (Fsp3) is 0.800. The third-order valence-corrected chi connectivity index (χ3v) is 3.87. The molecule has 0 aliphatic rings. The van der Waals surface area contributed by atoms with Crippen molar-refractivity contribution in [2.75, 3.05) is 26.0 Å². The van der Waals surface area contributed by atoms with Gasteiger partial charge in [-0.25, -0.2) is 0 Å². The SMILES string of the molecule is CCN(CC)C(=S)SCC(C)C(=O)OC. The molecule has 0 aromatic carbocycles. The highest BCUT2D eigenvalue weighted by atomic mass is 32.2. The summed E-state index contributed by atoms with van der Waals surface area (Å²) >= 11 is 6.79.